The Kier molecular flexibility index (Phi) is 4.84. The van der Waals surface area contributed by atoms with Gasteiger partial charge in [-0.15, -0.1) is 0 Å². The van der Waals surface area contributed by atoms with Crippen LogP contribution in [0.2, 0.25) is 0 Å². The van der Waals surface area contributed by atoms with Gasteiger partial charge >= 0.3 is 6.09 Å². The van der Waals surface area contributed by atoms with Gasteiger partial charge in [-0.2, -0.15) is 0 Å². The summed E-state index contributed by atoms with van der Waals surface area (Å²) in [5.41, 5.74) is 1.81. The van der Waals surface area contributed by atoms with Gasteiger partial charge in [0.1, 0.15) is 0 Å². The lowest BCUT2D eigenvalue weighted by Crippen LogP contribution is -2.31. The van der Waals surface area contributed by atoms with Crippen molar-refractivity contribution in [2.45, 2.75) is 32.4 Å². The van der Waals surface area contributed by atoms with E-state index in [0.717, 1.165) is 24.5 Å². The number of benzene rings is 1. The molecule has 0 spiro atoms. The standard InChI is InChI=1S/C15H23N3O2/c1-11(2)18-9-8-14(10-18)16-12-4-6-13(7-5-12)17-15(19)20-3/h4-7,11,14,16H,8-10H2,1-3H3,(H,17,19). The molecule has 110 valence electrons. The summed E-state index contributed by atoms with van der Waals surface area (Å²) in [7, 11) is 1.35. The molecule has 1 heterocycles. The maximum absolute atomic E-state index is 11.1. The van der Waals surface area contributed by atoms with Gasteiger partial charge in [0.2, 0.25) is 0 Å². The Morgan fingerprint density at radius 2 is 1.95 bits per heavy atom. The number of ether oxygens (including phenoxy) is 1. The highest BCUT2D eigenvalue weighted by Crippen LogP contribution is 2.19. The molecular weight excluding hydrogens is 254 g/mol. The van der Waals surface area contributed by atoms with Gasteiger partial charge in [0.25, 0.3) is 0 Å². The number of hydrogen-bond acceptors (Lipinski definition) is 4. The minimum Gasteiger partial charge on any atom is -0.453 e. The number of likely N-dealkylation sites (tertiary alicyclic amines) is 1. The average Bonchev–Trinajstić information content (AvgIpc) is 2.89. The third-order valence-electron chi connectivity index (χ3n) is 3.64. The molecular formula is C15H23N3O2. The molecule has 1 aromatic rings. The van der Waals surface area contributed by atoms with Crippen LogP contribution in [0.5, 0.6) is 0 Å². The molecule has 1 saturated heterocycles. The number of nitrogens with zero attached hydrogens (tertiary/aromatic N) is 1. The summed E-state index contributed by atoms with van der Waals surface area (Å²) in [6.45, 7) is 6.70. The van der Waals surface area contributed by atoms with Crippen LogP contribution in [-0.4, -0.2) is 43.3 Å². The Bertz CT molecular complexity index is 445. The van der Waals surface area contributed by atoms with E-state index in [1.807, 2.05) is 24.3 Å². The van der Waals surface area contributed by atoms with E-state index in [0.29, 0.717) is 12.1 Å². The molecule has 1 aromatic carbocycles. The van der Waals surface area contributed by atoms with Gasteiger partial charge in [-0.25, -0.2) is 4.79 Å². The molecule has 0 saturated carbocycles. The van der Waals surface area contributed by atoms with Gasteiger partial charge in [-0.1, -0.05) is 0 Å². The smallest absolute Gasteiger partial charge is 0.411 e. The van der Waals surface area contributed by atoms with Crippen molar-refractivity contribution < 1.29 is 9.53 Å². The Morgan fingerprint density at radius 3 is 2.50 bits per heavy atom. The first-order chi connectivity index (χ1) is 9.58. The van der Waals surface area contributed by atoms with Crippen LogP contribution in [0.25, 0.3) is 0 Å². The Labute approximate surface area is 120 Å². The molecule has 0 aliphatic carbocycles. The Morgan fingerprint density at radius 1 is 1.30 bits per heavy atom. The minimum atomic E-state index is -0.450. The first-order valence-electron chi connectivity index (χ1n) is 7.04. The highest BCUT2D eigenvalue weighted by Gasteiger charge is 2.23. The normalized spacial score (nSPS) is 19.1. The SMILES string of the molecule is COC(=O)Nc1ccc(NC2CCN(C(C)C)C2)cc1. The second-order valence-corrected chi connectivity index (χ2v) is 5.41. The van der Waals surface area contributed by atoms with E-state index in [4.69, 9.17) is 0 Å². The summed E-state index contributed by atoms with van der Waals surface area (Å²) in [5, 5.41) is 6.17. The summed E-state index contributed by atoms with van der Waals surface area (Å²) in [5.74, 6) is 0. The van der Waals surface area contributed by atoms with E-state index in [9.17, 15) is 4.79 Å². The molecule has 2 rings (SSSR count). The zero-order valence-corrected chi connectivity index (χ0v) is 12.3. The topological polar surface area (TPSA) is 53.6 Å². The molecule has 1 aliphatic heterocycles. The average molecular weight is 277 g/mol. The highest BCUT2D eigenvalue weighted by molar-refractivity contribution is 5.84. The van der Waals surface area contributed by atoms with Crippen LogP contribution < -0.4 is 10.6 Å². The predicted octanol–water partition coefficient (Wildman–Crippen LogP) is 2.76. The second-order valence-electron chi connectivity index (χ2n) is 5.41. The van der Waals surface area contributed by atoms with Crippen molar-refractivity contribution in [2.75, 3.05) is 30.8 Å². The number of carbonyl (C=O) groups excluding carboxylic acids is 1. The molecule has 2 N–H and O–H groups in total. The van der Waals surface area contributed by atoms with Crippen molar-refractivity contribution in [3.63, 3.8) is 0 Å². The summed E-state index contributed by atoms with van der Waals surface area (Å²) in [6.07, 6.45) is 0.717. The van der Waals surface area contributed by atoms with Crippen molar-refractivity contribution in [3.8, 4) is 0 Å². The fourth-order valence-electron chi connectivity index (χ4n) is 2.43. The monoisotopic (exact) mass is 277 g/mol. The zero-order chi connectivity index (χ0) is 14.5. The first-order valence-corrected chi connectivity index (χ1v) is 7.04. The number of methoxy groups -OCH3 is 1. The lowest BCUT2D eigenvalue weighted by molar-refractivity contribution is 0.187. The largest absolute Gasteiger partial charge is 0.453 e. The number of rotatable bonds is 4. The second kappa shape index (κ2) is 6.61. The van der Waals surface area contributed by atoms with Crippen molar-refractivity contribution in [1.82, 2.24) is 4.90 Å². The molecule has 1 amide bonds. The first kappa shape index (κ1) is 14.7. The van der Waals surface area contributed by atoms with Crippen LogP contribution in [-0.2, 0) is 4.74 Å². The molecule has 0 bridgehead atoms. The van der Waals surface area contributed by atoms with Crippen LogP contribution in [0.1, 0.15) is 20.3 Å². The Hall–Kier alpha value is -1.75. The van der Waals surface area contributed by atoms with E-state index in [-0.39, 0.29) is 0 Å². The van der Waals surface area contributed by atoms with Crippen LogP contribution in [0, 0.1) is 0 Å². The number of anilines is 2. The minimum absolute atomic E-state index is 0.450. The molecule has 0 radical (unpaired) electrons. The van der Waals surface area contributed by atoms with Crippen molar-refractivity contribution in [2.24, 2.45) is 0 Å². The van der Waals surface area contributed by atoms with Gasteiger partial charge < -0.3 is 10.1 Å². The summed E-state index contributed by atoms with van der Waals surface area (Å²) in [6, 6.07) is 8.79. The van der Waals surface area contributed by atoms with Gasteiger partial charge in [0.15, 0.2) is 0 Å². The van der Waals surface area contributed by atoms with Crippen molar-refractivity contribution in [1.29, 1.82) is 0 Å². The molecule has 5 nitrogen and oxygen atoms in total. The van der Waals surface area contributed by atoms with Gasteiger partial charge in [0.05, 0.1) is 7.11 Å². The van der Waals surface area contributed by atoms with E-state index in [2.05, 4.69) is 34.1 Å². The van der Waals surface area contributed by atoms with Crippen LogP contribution in [0.15, 0.2) is 24.3 Å². The molecule has 0 aromatic heterocycles. The quantitative estimate of drug-likeness (QED) is 0.888. The molecule has 1 aliphatic rings. The Balaban J connectivity index is 1.87. The maximum Gasteiger partial charge on any atom is 0.411 e. The number of carbonyl (C=O) groups is 1. The number of nitrogens with one attached hydrogen (secondary N) is 2. The van der Waals surface area contributed by atoms with Gasteiger partial charge in [0, 0.05) is 36.5 Å². The number of hydrogen-bond donors (Lipinski definition) is 2. The number of amides is 1. The summed E-state index contributed by atoms with van der Waals surface area (Å²) in [4.78, 5) is 13.6. The van der Waals surface area contributed by atoms with E-state index < -0.39 is 6.09 Å². The van der Waals surface area contributed by atoms with E-state index in [1.165, 1.54) is 13.5 Å². The van der Waals surface area contributed by atoms with E-state index >= 15 is 0 Å². The maximum atomic E-state index is 11.1. The third kappa shape index (κ3) is 3.87. The molecule has 1 fully saturated rings. The molecule has 20 heavy (non-hydrogen) atoms. The lowest BCUT2D eigenvalue weighted by Gasteiger charge is -2.21. The summed E-state index contributed by atoms with van der Waals surface area (Å²) >= 11 is 0. The van der Waals surface area contributed by atoms with E-state index in [1.54, 1.807) is 0 Å². The van der Waals surface area contributed by atoms with Gasteiger partial charge in [-0.3, -0.25) is 10.2 Å². The fourth-order valence-corrected chi connectivity index (χ4v) is 2.43. The van der Waals surface area contributed by atoms with Crippen molar-refractivity contribution in [3.05, 3.63) is 24.3 Å². The fraction of sp³-hybridized carbons (Fsp3) is 0.533. The molecule has 1 atom stereocenters. The zero-order valence-electron chi connectivity index (χ0n) is 12.3. The third-order valence-corrected chi connectivity index (χ3v) is 3.64. The van der Waals surface area contributed by atoms with Gasteiger partial charge in [-0.05, 0) is 44.5 Å². The molecule has 5 heteroatoms. The van der Waals surface area contributed by atoms with Crippen LogP contribution in [0.4, 0.5) is 16.2 Å². The van der Waals surface area contributed by atoms with Crippen LogP contribution in [0.3, 0.4) is 0 Å². The highest BCUT2D eigenvalue weighted by atomic mass is 16.5. The lowest BCUT2D eigenvalue weighted by atomic mass is 10.2. The van der Waals surface area contributed by atoms with Crippen molar-refractivity contribution >= 4 is 17.5 Å². The van der Waals surface area contributed by atoms with Crippen LogP contribution >= 0.6 is 0 Å². The molecule has 1 unspecified atom stereocenters. The summed E-state index contributed by atoms with van der Waals surface area (Å²) < 4.78 is 4.55. The predicted molar refractivity (Wildman–Crippen MR) is 81.2 cm³/mol.